The van der Waals surface area contributed by atoms with Crippen molar-refractivity contribution in [3.63, 3.8) is 0 Å². The molecule has 0 heterocycles. The molecular weight excluding hydrogens is 242 g/mol. The highest BCUT2D eigenvalue weighted by Crippen LogP contribution is 2.39. The number of anilines is 1. The molecule has 1 heteroatoms. The zero-order chi connectivity index (χ0) is 15.1. The Hall–Kier alpha value is -1.50. The molecule has 0 amide bonds. The van der Waals surface area contributed by atoms with Gasteiger partial charge in [0.05, 0.1) is 0 Å². The quantitative estimate of drug-likeness (QED) is 0.715. The summed E-state index contributed by atoms with van der Waals surface area (Å²) < 4.78 is 0. The van der Waals surface area contributed by atoms with Gasteiger partial charge in [-0.15, -0.1) is 0 Å². The highest BCUT2D eigenvalue weighted by atomic mass is 15.1. The first-order chi connectivity index (χ1) is 9.21. The van der Waals surface area contributed by atoms with Gasteiger partial charge >= 0.3 is 0 Å². The van der Waals surface area contributed by atoms with Crippen molar-refractivity contribution >= 4 is 11.3 Å². The van der Waals surface area contributed by atoms with Crippen molar-refractivity contribution in [3.8, 4) is 0 Å². The van der Waals surface area contributed by atoms with E-state index < -0.39 is 0 Å². The van der Waals surface area contributed by atoms with E-state index >= 15 is 0 Å². The second kappa shape index (κ2) is 5.12. The van der Waals surface area contributed by atoms with Crippen LogP contribution in [0.1, 0.15) is 52.2 Å². The first kappa shape index (κ1) is 14.9. The van der Waals surface area contributed by atoms with Crippen LogP contribution in [0.5, 0.6) is 0 Å². The van der Waals surface area contributed by atoms with Gasteiger partial charge in [0.2, 0.25) is 0 Å². The maximum atomic E-state index is 2.35. The first-order valence-electron chi connectivity index (χ1n) is 7.41. The monoisotopic (exact) mass is 269 g/mol. The molecule has 20 heavy (non-hydrogen) atoms. The van der Waals surface area contributed by atoms with Crippen LogP contribution in [0.15, 0.2) is 35.4 Å². The SMILES string of the molecule is CC1=CCC(c2ccc(N(C)C)cc2C(C)(C)C)=C1C. The molecule has 0 radical (unpaired) electrons. The normalized spacial score (nSPS) is 15.7. The molecule has 1 aliphatic carbocycles. The number of hydrogen-bond acceptors (Lipinski definition) is 1. The van der Waals surface area contributed by atoms with E-state index in [9.17, 15) is 0 Å². The van der Waals surface area contributed by atoms with Crippen molar-refractivity contribution in [2.24, 2.45) is 0 Å². The fourth-order valence-corrected chi connectivity index (χ4v) is 2.81. The first-order valence-corrected chi connectivity index (χ1v) is 7.41. The van der Waals surface area contributed by atoms with Gasteiger partial charge in [-0.25, -0.2) is 0 Å². The fraction of sp³-hybridized carbons (Fsp3) is 0.474. The number of nitrogens with zero attached hydrogens (tertiary/aromatic N) is 1. The van der Waals surface area contributed by atoms with Gasteiger partial charge in [0.15, 0.2) is 0 Å². The van der Waals surface area contributed by atoms with Crippen molar-refractivity contribution in [3.05, 3.63) is 46.5 Å². The van der Waals surface area contributed by atoms with Crippen LogP contribution < -0.4 is 4.90 Å². The van der Waals surface area contributed by atoms with E-state index in [1.54, 1.807) is 0 Å². The topological polar surface area (TPSA) is 3.24 Å². The second-order valence-corrected chi connectivity index (χ2v) is 7.07. The van der Waals surface area contributed by atoms with Crippen LogP contribution in [0.3, 0.4) is 0 Å². The van der Waals surface area contributed by atoms with Crippen LogP contribution in [-0.2, 0) is 5.41 Å². The molecule has 0 bridgehead atoms. The Kier molecular flexibility index (Phi) is 3.82. The maximum Gasteiger partial charge on any atom is 0.0364 e. The summed E-state index contributed by atoms with van der Waals surface area (Å²) in [6.45, 7) is 11.4. The number of allylic oxidation sites excluding steroid dienone is 4. The zero-order valence-electron chi connectivity index (χ0n) is 14.0. The molecule has 108 valence electrons. The van der Waals surface area contributed by atoms with Crippen LogP contribution in [0.2, 0.25) is 0 Å². The Labute approximate surface area is 124 Å². The van der Waals surface area contributed by atoms with Crippen molar-refractivity contribution in [1.29, 1.82) is 0 Å². The molecular formula is C19H27N. The predicted octanol–water partition coefficient (Wildman–Crippen LogP) is 5.17. The Morgan fingerprint density at radius 1 is 1.05 bits per heavy atom. The minimum absolute atomic E-state index is 0.158. The molecule has 2 rings (SSSR count). The minimum atomic E-state index is 0.158. The Morgan fingerprint density at radius 2 is 1.70 bits per heavy atom. The Morgan fingerprint density at radius 3 is 2.15 bits per heavy atom. The van der Waals surface area contributed by atoms with Crippen LogP contribution in [-0.4, -0.2) is 14.1 Å². The molecule has 0 saturated heterocycles. The average Bonchev–Trinajstić information content (AvgIpc) is 2.68. The zero-order valence-corrected chi connectivity index (χ0v) is 14.0. The molecule has 1 aromatic rings. The standard InChI is InChI=1S/C19H27N/c1-13-8-10-16(14(13)2)17-11-9-15(20(6)7)12-18(17)19(3,4)5/h8-9,11-12H,10H2,1-7H3. The average molecular weight is 269 g/mol. The number of benzene rings is 1. The van der Waals surface area contributed by atoms with Crippen molar-refractivity contribution in [2.75, 3.05) is 19.0 Å². The lowest BCUT2D eigenvalue weighted by Crippen LogP contribution is -2.16. The number of rotatable bonds is 2. The van der Waals surface area contributed by atoms with E-state index in [2.05, 4.69) is 77.9 Å². The third-order valence-corrected chi connectivity index (χ3v) is 4.31. The molecule has 0 atom stereocenters. The summed E-state index contributed by atoms with van der Waals surface area (Å²) in [5.74, 6) is 0. The van der Waals surface area contributed by atoms with E-state index in [4.69, 9.17) is 0 Å². The lowest BCUT2D eigenvalue weighted by molar-refractivity contribution is 0.588. The molecule has 0 spiro atoms. The molecule has 0 aromatic heterocycles. The van der Waals surface area contributed by atoms with Gasteiger partial charge in [0.1, 0.15) is 0 Å². The smallest absolute Gasteiger partial charge is 0.0364 e. The Balaban J connectivity index is 2.60. The summed E-state index contributed by atoms with van der Waals surface area (Å²) in [5, 5.41) is 0. The van der Waals surface area contributed by atoms with Crippen molar-refractivity contribution < 1.29 is 0 Å². The largest absolute Gasteiger partial charge is 0.378 e. The van der Waals surface area contributed by atoms with Crippen molar-refractivity contribution in [1.82, 2.24) is 0 Å². The third kappa shape index (κ3) is 2.67. The molecule has 1 aromatic carbocycles. The molecule has 0 unspecified atom stereocenters. The van der Waals surface area contributed by atoms with Gasteiger partial charge < -0.3 is 4.90 Å². The molecule has 0 fully saturated rings. The van der Waals surface area contributed by atoms with Crippen LogP contribution in [0.4, 0.5) is 5.69 Å². The van der Waals surface area contributed by atoms with Crippen LogP contribution >= 0.6 is 0 Å². The predicted molar refractivity (Wildman–Crippen MR) is 90.4 cm³/mol. The van der Waals surface area contributed by atoms with Gasteiger partial charge in [-0.1, -0.05) is 38.5 Å². The lowest BCUT2D eigenvalue weighted by Gasteiger charge is -2.26. The van der Waals surface area contributed by atoms with Gasteiger partial charge in [-0.05, 0) is 60.1 Å². The maximum absolute atomic E-state index is 2.35. The van der Waals surface area contributed by atoms with Gasteiger partial charge in [0.25, 0.3) is 0 Å². The summed E-state index contributed by atoms with van der Waals surface area (Å²) in [5.41, 5.74) is 8.68. The molecule has 0 aliphatic heterocycles. The van der Waals surface area contributed by atoms with E-state index in [1.807, 2.05) is 0 Å². The summed E-state index contributed by atoms with van der Waals surface area (Å²) >= 11 is 0. The van der Waals surface area contributed by atoms with Crippen LogP contribution in [0.25, 0.3) is 5.57 Å². The lowest BCUT2D eigenvalue weighted by atomic mass is 9.80. The van der Waals surface area contributed by atoms with E-state index in [1.165, 1.54) is 33.5 Å². The van der Waals surface area contributed by atoms with E-state index in [-0.39, 0.29) is 5.41 Å². The summed E-state index contributed by atoms with van der Waals surface area (Å²) in [4.78, 5) is 2.18. The van der Waals surface area contributed by atoms with E-state index in [0.29, 0.717) is 0 Å². The summed E-state index contributed by atoms with van der Waals surface area (Å²) in [6, 6.07) is 6.89. The van der Waals surface area contributed by atoms with Gasteiger partial charge in [-0.3, -0.25) is 0 Å². The third-order valence-electron chi connectivity index (χ3n) is 4.31. The summed E-state index contributed by atoms with van der Waals surface area (Å²) in [6.07, 6.45) is 3.42. The Bertz CT molecular complexity index is 580. The molecule has 1 aliphatic rings. The fourth-order valence-electron chi connectivity index (χ4n) is 2.81. The number of hydrogen-bond donors (Lipinski definition) is 0. The van der Waals surface area contributed by atoms with Crippen LogP contribution in [0, 0.1) is 0 Å². The van der Waals surface area contributed by atoms with Crippen molar-refractivity contribution in [2.45, 2.75) is 46.5 Å². The van der Waals surface area contributed by atoms with Gasteiger partial charge in [-0.2, -0.15) is 0 Å². The highest BCUT2D eigenvalue weighted by molar-refractivity contribution is 5.79. The second-order valence-electron chi connectivity index (χ2n) is 7.07. The van der Waals surface area contributed by atoms with Gasteiger partial charge in [0, 0.05) is 19.8 Å². The highest BCUT2D eigenvalue weighted by Gasteiger charge is 2.23. The molecule has 1 nitrogen and oxygen atoms in total. The van der Waals surface area contributed by atoms with E-state index in [0.717, 1.165) is 6.42 Å². The molecule has 0 N–H and O–H groups in total. The minimum Gasteiger partial charge on any atom is -0.378 e. The summed E-state index contributed by atoms with van der Waals surface area (Å²) in [7, 11) is 4.21. The molecule has 0 saturated carbocycles.